The maximum atomic E-state index is 5.51. The van der Waals surface area contributed by atoms with Crippen molar-refractivity contribution in [2.45, 2.75) is 38.1 Å². The highest BCUT2D eigenvalue weighted by Gasteiger charge is 2.21. The summed E-state index contributed by atoms with van der Waals surface area (Å²) >= 11 is 0. The highest BCUT2D eigenvalue weighted by atomic mass is 16.7. The van der Waals surface area contributed by atoms with Crippen molar-refractivity contribution < 1.29 is 4.84 Å². The molecule has 2 rings (SSSR count). The number of nitrogens with zero attached hydrogens (tertiary/aromatic N) is 1. The molecule has 0 atom stereocenters. The van der Waals surface area contributed by atoms with Gasteiger partial charge in [-0.3, -0.25) is 9.90 Å². The van der Waals surface area contributed by atoms with Crippen molar-refractivity contribution in [3.8, 4) is 0 Å². The number of hydrogen-bond acceptors (Lipinski definition) is 2. The molecule has 2 heteroatoms. The summed E-state index contributed by atoms with van der Waals surface area (Å²) in [5.41, 5.74) is 1.17. The van der Waals surface area contributed by atoms with E-state index in [0.29, 0.717) is 6.04 Å². The van der Waals surface area contributed by atoms with Crippen molar-refractivity contribution in [2.75, 3.05) is 12.2 Å². The molecule has 1 saturated carbocycles. The van der Waals surface area contributed by atoms with Crippen LogP contribution in [-0.2, 0) is 4.84 Å². The fourth-order valence-corrected chi connectivity index (χ4v) is 2.36. The molecule has 1 aromatic rings. The highest BCUT2D eigenvalue weighted by molar-refractivity contribution is 5.44. The molecule has 0 N–H and O–H groups in total. The second-order valence-corrected chi connectivity index (χ2v) is 4.14. The van der Waals surface area contributed by atoms with E-state index in [1.165, 1.54) is 37.8 Å². The number of anilines is 1. The Morgan fingerprint density at radius 2 is 1.73 bits per heavy atom. The normalized spacial score (nSPS) is 17.7. The predicted octanol–water partition coefficient (Wildman–Crippen LogP) is 3.39. The molecular formula is C13H19NO. The Labute approximate surface area is 91.8 Å². The molecular weight excluding hydrogens is 186 g/mol. The predicted molar refractivity (Wildman–Crippen MR) is 62.8 cm³/mol. The van der Waals surface area contributed by atoms with Gasteiger partial charge in [-0.25, -0.2) is 0 Å². The lowest BCUT2D eigenvalue weighted by atomic mass is 9.95. The standard InChI is InChI=1S/C13H19NO/c1-15-14(12-8-4-2-5-9-12)13-10-6-3-7-11-13/h2,4-5,8-9,13H,3,6-7,10-11H2,1H3. The topological polar surface area (TPSA) is 12.5 Å². The van der Waals surface area contributed by atoms with Crippen LogP contribution >= 0.6 is 0 Å². The van der Waals surface area contributed by atoms with Crippen LogP contribution in [0, 0.1) is 0 Å². The Hall–Kier alpha value is -1.02. The smallest absolute Gasteiger partial charge is 0.0639 e. The van der Waals surface area contributed by atoms with Crippen LogP contribution in [-0.4, -0.2) is 13.2 Å². The third-order valence-electron chi connectivity index (χ3n) is 3.11. The quantitative estimate of drug-likeness (QED) is 0.701. The van der Waals surface area contributed by atoms with Crippen LogP contribution in [0.15, 0.2) is 30.3 Å². The van der Waals surface area contributed by atoms with Crippen molar-refractivity contribution in [3.05, 3.63) is 30.3 Å². The van der Waals surface area contributed by atoms with E-state index in [-0.39, 0.29) is 0 Å². The van der Waals surface area contributed by atoms with E-state index in [4.69, 9.17) is 4.84 Å². The Balaban J connectivity index is 2.09. The number of rotatable bonds is 3. The largest absolute Gasteiger partial charge is 0.277 e. The Kier molecular flexibility index (Phi) is 3.62. The second-order valence-electron chi connectivity index (χ2n) is 4.14. The number of benzene rings is 1. The van der Waals surface area contributed by atoms with Crippen LogP contribution in [0.5, 0.6) is 0 Å². The van der Waals surface area contributed by atoms with Gasteiger partial charge < -0.3 is 0 Å². The van der Waals surface area contributed by atoms with Crippen molar-refractivity contribution in [1.29, 1.82) is 0 Å². The van der Waals surface area contributed by atoms with Gasteiger partial charge in [-0.1, -0.05) is 37.5 Å². The lowest BCUT2D eigenvalue weighted by molar-refractivity contribution is 0.124. The van der Waals surface area contributed by atoms with E-state index >= 15 is 0 Å². The first-order chi connectivity index (χ1) is 7.42. The lowest BCUT2D eigenvalue weighted by Crippen LogP contribution is -2.35. The van der Waals surface area contributed by atoms with E-state index in [1.54, 1.807) is 7.11 Å². The molecule has 0 unspecified atom stereocenters. The van der Waals surface area contributed by atoms with Crippen molar-refractivity contribution >= 4 is 5.69 Å². The highest BCUT2D eigenvalue weighted by Crippen LogP contribution is 2.26. The summed E-state index contributed by atoms with van der Waals surface area (Å²) in [6.07, 6.45) is 6.54. The Bertz CT molecular complexity index is 280. The Morgan fingerprint density at radius 3 is 2.33 bits per heavy atom. The number of para-hydroxylation sites is 1. The zero-order valence-electron chi connectivity index (χ0n) is 9.36. The molecule has 0 radical (unpaired) electrons. The first-order valence-electron chi connectivity index (χ1n) is 5.80. The molecule has 0 aromatic heterocycles. The minimum absolute atomic E-state index is 0.561. The van der Waals surface area contributed by atoms with Crippen LogP contribution in [0.25, 0.3) is 0 Å². The molecule has 0 aliphatic heterocycles. The second kappa shape index (κ2) is 5.17. The Morgan fingerprint density at radius 1 is 1.07 bits per heavy atom. The van der Waals surface area contributed by atoms with Gasteiger partial charge in [0.2, 0.25) is 0 Å². The SMILES string of the molecule is CON(c1ccccc1)C1CCCCC1. The third-order valence-corrected chi connectivity index (χ3v) is 3.11. The minimum atomic E-state index is 0.561. The molecule has 15 heavy (non-hydrogen) atoms. The van der Waals surface area contributed by atoms with Gasteiger partial charge in [0.15, 0.2) is 0 Å². The molecule has 1 aliphatic carbocycles. The van der Waals surface area contributed by atoms with Crippen molar-refractivity contribution in [1.82, 2.24) is 0 Å². The first kappa shape index (κ1) is 10.5. The van der Waals surface area contributed by atoms with E-state index in [0.717, 1.165) is 0 Å². The van der Waals surface area contributed by atoms with Gasteiger partial charge in [-0.05, 0) is 25.0 Å². The zero-order valence-corrected chi connectivity index (χ0v) is 9.36. The average molecular weight is 205 g/mol. The monoisotopic (exact) mass is 205 g/mol. The molecule has 82 valence electrons. The van der Waals surface area contributed by atoms with E-state index in [1.807, 2.05) is 6.07 Å². The summed E-state index contributed by atoms with van der Waals surface area (Å²) in [5.74, 6) is 0. The van der Waals surface area contributed by atoms with Gasteiger partial charge in [0, 0.05) is 0 Å². The van der Waals surface area contributed by atoms with Crippen LogP contribution in [0.1, 0.15) is 32.1 Å². The van der Waals surface area contributed by atoms with E-state index in [2.05, 4.69) is 29.3 Å². The number of hydrogen-bond donors (Lipinski definition) is 0. The molecule has 2 nitrogen and oxygen atoms in total. The van der Waals surface area contributed by atoms with Gasteiger partial charge in [-0.15, -0.1) is 0 Å². The van der Waals surface area contributed by atoms with Crippen LogP contribution < -0.4 is 5.06 Å². The van der Waals surface area contributed by atoms with Crippen LogP contribution in [0.3, 0.4) is 0 Å². The van der Waals surface area contributed by atoms with Gasteiger partial charge >= 0.3 is 0 Å². The fourth-order valence-electron chi connectivity index (χ4n) is 2.36. The van der Waals surface area contributed by atoms with Gasteiger partial charge in [-0.2, -0.15) is 0 Å². The van der Waals surface area contributed by atoms with E-state index in [9.17, 15) is 0 Å². The molecule has 1 aliphatic rings. The summed E-state index contributed by atoms with van der Waals surface area (Å²) in [5, 5.41) is 2.07. The lowest BCUT2D eigenvalue weighted by Gasteiger charge is -2.33. The molecule has 1 fully saturated rings. The third kappa shape index (κ3) is 2.51. The molecule has 0 heterocycles. The summed E-state index contributed by atoms with van der Waals surface area (Å²) in [7, 11) is 1.77. The fraction of sp³-hybridized carbons (Fsp3) is 0.538. The maximum Gasteiger partial charge on any atom is 0.0639 e. The zero-order chi connectivity index (χ0) is 10.5. The first-order valence-corrected chi connectivity index (χ1v) is 5.80. The number of hydroxylamine groups is 1. The summed E-state index contributed by atoms with van der Waals surface area (Å²) in [6.45, 7) is 0. The minimum Gasteiger partial charge on any atom is -0.277 e. The summed E-state index contributed by atoms with van der Waals surface area (Å²) < 4.78 is 0. The molecule has 0 saturated heterocycles. The molecule has 0 amide bonds. The van der Waals surface area contributed by atoms with Gasteiger partial charge in [0.05, 0.1) is 18.8 Å². The average Bonchev–Trinajstić information content (AvgIpc) is 2.33. The van der Waals surface area contributed by atoms with Crippen molar-refractivity contribution in [2.24, 2.45) is 0 Å². The van der Waals surface area contributed by atoms with Gasteiger partial charge in [0.25, 0.3) is 0 Å². The van der Waals surface area contributed by atoms with Crippen LogP contribution in [0.4, 0.5) is 5.69 Å². The maximum absolute atomic E-state index is 5.51. The molecule has 0 bridgehead atoms. The van der Waals surface area contributed by atoms with Gasteiger partial charge in [0.1, 0.15) is 0 Å². The summed E-state index contributed by atoms with van der Waals surface area (Å²) in [6, 6.07) is 10.9. The van der Waals surface area contributed by atoms with Crippen LogP contribution in [0.2, 0.25) is 0 Å². The van der Waals surface area contributed by atoms with Crippen molar-refractivity contribution in [3.63, 3.8) is 0 Å². The van der Waals surface area contributed by atoms with E-state index < -0.39 is 0 Å². The summed E-state index contributed by atoms with van der Waals surface area (Å²) in [4.78, 5) is 5.51. The molecule has 0 spiro atoms. The molecule has 1 aromatic carbocycles.